The van der Waals surface area contributed by atoms with Gasteiger partial charge >= 0.3 is 5.97 Å². The molecule has 0 fully saturated rings. The topological polar surface area (TPSA) is 46.5 Å². The number of benzene rings is 2. The van der Waals surface area contributed by atoms with E-state index in [1.54, 1.807) is 12.1 Å². The normalized spacial score (nSPS) is 13.4. The van der Waals surface area contributed by atoms with Crippen molar-refractivity contribution in [3.8, 4) is 5.75 Å². The quantitative estimate of drug-likeness (QED) is 0.456. The highest BCUT2D eigenvalue weighted by atomic mass is 16.6. The minimum absolute atomic E-state index is 0.0224. The van der Waals surface area contributed by atoms with Crippen LogP contribution >= 0.6 is 0 Å². The summed E-state index contributed by atoms with van der Waals surface area (Å²) in [5.74, 6) is 1.57. The first kappa shape index (κ1) is 29.7. The fraction of sp³-hybridized carbons (Fsp3) is 0.552. The molecule has 0 radical (unpaired) electrons. The molecule has 0 saturated heterocycles. The molecule has 0 amide bonds. The summed E-state index contributed by atoms with van der Waals surface area (Å²) in [5.41, 5.74) is 2.40. The molecule has 3 atom stereocenters. The van der Waals surface area contributed by atoms with Gasteiger partial charge in [0, 0.05) is 0 Å². The van der Waals surface area contributed by atoms with E-state index in [4.69, 9.17) is 9.84 Å². The predicted molar refractivity (Wildman–Crippen MR) is 137 cm³/mol. The molecule has 0 aliphatic heterocycles. The van der Waals surface area contributed by atoms with Crippen LogP contribution in [-0.4, -0.2) is 16.7 Å². The van der Waals surface area contributed by atoms with Crippen LogP contribution in [0.2, 0.25) is 0 Å². The van der Waals surface area contributed by atoms with Crippen LogP contribution in [0, 0.1) is 5.92 Å². The van der Waals surface area contributed by atoms with Crippen molar-refractivity contribution in [2.45, 2.75) is 99.0 Å². The summed E-state index contributed by atoms with van der Waals surface area (Å²) >= 11 is 0. The SMILES string of the molecule is CCC(C)C(=O)OC(C)(C)C.CCC(C)c1ccc(O)cc1.CCC(C)c1ccccc1. The molecule has 3 unspecified atom stereocenters. The van der Waals surface area contributed by atoms with Crippen LogP contribution in [0.4, 0.5) is 0 Å². The third-order valence-corrected chi connectivity index (χ3v) is 5.48. The van der Waals surface area contributed by atoms with Gasteiger partial charge in [0.2, 0.25) is 0 Å². The molecule has 0 saturated carbocycles. The van der Waals surface area contributed by atoms with Crippen molar-refractivity contribution in [3.05, 3.63) is 65.7 Å². The van der Waals surface area contributed by atoms with Gasteiger partial charge in [-0.05, 0) is 75.1 Å². The van der Waals surface area contributed by atoms with Crippen LogP contribution in [0.25, 0.3) is 0 Å². The minimum Gasteiger partial charge on any atom is -0.508 e. The average Bonchev–Trinajstić information content (AvgIpc) is 2.78. The molecule has 180 valence electrons. The minimum atomic E-state index is -0.347. The first-order valence-corrected chi connectivity index (χ1v) is 12.0. The van der Waals surface area contributed by atoms with Gasteiger partial charge in [0.05, 0.1) is 5.92 Å². The van der Waals surface area contributed by atoms with Crippen LogP contribution in [0.3, 0.4) is 0 Å². The summed E-state index contributed by atoms with van der Waals surface area (Å²) in [6.07, 6.45) is 3.21. The van der Waals surface area contributed by atoms with E-state index in [1.807, 2.05) is 46.8 Å². The van der Waals surface area contributed by atoms with Crippen molar-refractivity contribution in [2.24, 2.45) is 5.92 Å². The van der Waals surface area contributed by atoms with E-state index in [1.165, 1.54) is 17.5 Å². The zero-order chi connectivity index (χ0) is 24.7. The average molecular weight is 443 g/mol. The summed E-state index contributed by atoms with van der Waals surface area (Å²) in [6, 6.07) is 18.1. The molecule has 3 heteroatoms. The second-order valence-corrected chi connectivity index (χ2v) is 9.46. The highest BCUT2D eigenvalue weighted by Crippen LogP contribution is 2.20. The highest BCUT2D eigenvalue weighted by Gasteiger charge is 2.19. The molecular weight excluding hydrogens is 396 g/mol. The van der Waals surface area contributed by atoms with E-state index in [0.29, 0.717) is 17.6 Å². The molecule has 0 spiro atoms. The second-order valence-electron chi connectivity index (χ2n) is 9.46. The summed E-state index contributed by atoms with van der Waals surface area (Å²) in [6.45, 7) is 18.3. The number of carbonyl (C=O) groups is 1. The summed E-state index contributed by atoms with van der Waals surface area (Å²) in [4.78, 5) is 11.2. The third-order valence-electron chi connectivity index (χ3n) is 5.48. The fourth-order valence-corrected chi connectivity index (χ4v) is 2.62. The van der Waals surface area contributed by atoms with Crippen molar-refractivity contribution in [1.29, 1.82) is 0 Å². The number of hydrogen-bond acceptors (Lipinski definition) is 3. The lowest BCUT2D eigenvalue weighted by molar-refractivity contribution is -0.159. The Morgan fingerprint density at radius 3 is 1.59 bits per heavy atom. The Kier molecular flexibility index (Phi) is 14.4. The fourth-order valence-electron chi connectivity index (χ4n) is 2.62. The summed E-state index contributed by atoms with van der Waals surface area (Å²) in [5, 5.41) is 9.01. The number of aromatic hydroxyl groups is 1. The van der Waals surface area contributed by atoms with E-state index in [9.17, 15) is 4.79 Å². The van der Waals surface area contributed by atoms with Crippen molar-refractivity contribution in [1.82, 2.24) is 0 Å². The van der Waals surface area contributed by atoms with Crippen LogP contribution in [0.1, 0.15) is 105 Å². The van der Waals surface area contributed by atoms with Gasteiger partial charge < -0.3 is 9.84 Å². The van der Waals surface area contributed by atoms with Crippen LogP contribution < -0.4 is 0 Å². The number of ether oxygens (including phenoxy) is 1. The van der Waals surface area contributed by atoms with E-state index in [-0.39, 0.29) is 17.5 Å². The van der Waals surface area contributed by atoms with E-state index in [0.717, 1.165) is 12.8 Å². The van der Waals surface area contributed by atoms with E-state index in [2.05, 4.69) is 58.0 Å². The maximum absolute atomic E-state index is 11.2. The van der Waals surface area contributed by atoms with Gasteiger partial charge in [-0.3, -0.25) is 4.79 Å². The second kappa shape index (κ2) is 15.5. The lowest BCUT2D eigenvalue weighted by Crippen LogP contribution is -2.27. The first-order chi connectivity index (χ1) is 14.9. The first-order valence-electron chi connectivity index (χ1n) is 12.0. The Morgan fingerprint density at radius 2 is 1.22 bits per heavy atom. The Morgan fingerprint density at radius 1 is 0.781 bits per heavy atom. The Balaban J connectivity index is 0.000000451. The third kappa shape index (κ3) is 13.2. The Bertz CT molecular complexity index is 729. The van der Waals surface area contributed by atoms with Crippen molar-refractivity contribution in [3.63, 3.8) is 0 Å². The molecule has 0 bridgehead atoms. The van der Waals surface area contributed by atoms with Crippen molar-refractivity contribution >= 4 is 5.97 Å². The monoisotopic (exact) mass is 442 g/mol. The van der Waals surface area contributed by atoms with Crippen molar-refractivity contribution in [2.75, 3.05) is 0 Å². The van der Waals surface area contributed by atoms with E-state index < -0.39 is 0 Å². The predicted octanol–water partition coefficient (Wildman–Crippen LogP) is 8.48. The molecule has 32 heavy (non-hydrogen) atoms. The smallest absolute Gasteiger partial charge is 0.309 e. The van der Waals surface area contributed by atoms with Crippen molar-refractivity contribution < 1.29 is 14.6 Å². The van der Waals surface area contributed by atoms with Crippen LogP contribution in [0.15, 0.2) is 54.6 Å². The summed E-state index contributed by atoms with van der Waals surface area (Å²) < 4.78 is 5.15. The molecule has 2 aromatic rings. The molecule has 2 aromatic carbocycles. The number of carbonyl (C=O) groups excluding carboxylic acids is 1. The molecule has 3 nitrogen and oxygen atoms in total. The van der Waals surface area contributed by atoms with E-state index >= 15 is 0 Å². The molecule has 0 aliphatic carbocycles. The number of esters is 1. The molecule has 0 heterocycles. The van der Waals surface area contributed by atoms with Gasteiger partial charge in [-0.25, -0.2) is 0 Å². The lowest BCUT2D eigenvalue weighted by Gasteiger charge is -2.21. The zero-order valence-electron chi connectivity index (χ0n) is 21.8. The molecule has 0 aromatic heterocycles. The summed E-state index contributed by atoms with van der Waals surface area (Å²) in [7, 11) is 0. The molecule has 2 rings (SSSR count). The highest BCUT2D eigenvalue weighted by molar-refractivity contribution is 5.72. The maximum Gasteiger partial charge on any atom is 0.309 e. The van der Waals surface area contributed by atoms with Gasteiger partial charge in [0.15, 0.2) is 0 Å². The van der Waals surface area contributed by atoms with Gasteiger partial charge in [0.1, 0.15) is 11.4 Å². The molecule has 0 aliphatic rings. The number of rotatable bonds is 6. The number of phenols is 1. The van der Waals surface area contributed by atoms with Gasteiger partial charge in [-0.1, -0.05) is 84.0 Å². The largest absolute Gasteiger partial charge is 0.508 e. The maximum atomic E-state index is 11.2. The van der Waals surface area contributed by atoms with Crippen LogP contribution in [0.5, 0.6) is 5.75 Å². The number of phenolic OH excluding ortho intramolecular Hbond substituents is 1. The zero-order valence-corrected chi connectivity index (χ0v) is 21.8. The lowest BCUT2D eigenvalue weighted by atomic mass is 9.99. The Hall–Kier alpha value is -2.29. The van der Waals surface area contributed by atoms with Crippen LogP contribution in [-0.2, 0) is 9.53 Å². The standard InChI is InChI=1S/C10H14O.C10H14.C9H18O2/c1-3-8(2)9-4-6-10(11)7-5-9;1-3-9(2)10-7-5-4-6-8-10;1-6-7(2)8(10)11-9(3,4)5/h4-8,11H,3H2,1-2H3;4-9H,3H2,1-2H3;7H,6H2,1-5H3. The number of hydrogen-bond donors (Lipinski definition) is 1. The molecule has 1 N–H and O–H groups in total. The van der Waals surface area contributed by atoms with Gasteiger partial charge in [-0.2, -0.15) is 0 Å². The molecular formula is C29H46O3. The Labute approximate surface area is 197 Å². The van der Waals surface area contributed by atoms with Gasteiger partial charge in [0.25, 0.3) is 0 Å². The van der Waals surface area contributed by atoms with Gasteiger partial charge in [-0.15, -0.1) is 0 Å².